The molecule has 0 fully saturated rings. The van der Waals surface area contributed by atoms with E-state index >= 15 is 0 Å². The Bertz CT molecular complexity index is 746. The molecule has 0 saturated heterocycles. The molecular weight excluding hydrogens is 238 g/mol. The standard InChI is InChI=1S/C15H15N3O/c1-9-4-5-13(19-3)11(6-9)14-17-12-7-10(2)8-16-15(12)18-14/h4-8H,1-3H3,(H,16,17,18). The first-order valence-corrected chi connectivity index (χ1v) is 6.15. The number of pyridine rings is 1. The van der Waals surface area contributed by atoms with E-state index in [2.05, 4.69) is 21.0 Å². The largest absolute Gasteiger partial charge is 0.496 e. The molecule has 3 rings (SSSR count). The molecule has 0 unspecified atom stereocenters. The maximum absolute atomic E-state index is 5.39. The van der Waals surface area contributed by atoms with Gasteiger partial charge in [0.1, 0.15) is 11.6 Å². The van der Waals surface area contributed by atoms with Gasteiger partial charge in [0, 0.05) is 6.20 Å². The van der Waals surface area contributed by atoms with Gasteiger partial charge in [0.2, 0.25) is 0 Å². The highest BCUT2D eigenvalue weighted by molar-refractivity contribution is 5.78. The molecule has 2 aromatic heterocycles. The number of fused-ring (bicyclic) bond motifs is 1. The van der Waals surface area contributed by atoms with Crippen molar-refractivity contribution in [3.63, 3.8) is 0 Å². The van der Waals surface area contributed by atoms with Crippen LogP contribution in [0.3, 0.4) is 0 Å². The number of H-pyrrole nitrogens is 1. The van der Waals surface area contributed by atoms with Gasteiger partial charge in [-0.05, 0) is 37.6 Å². The van der Waals surface area contributed by atoms with E-state index in [1.807, 2.05) is 38.2 Å². The predicted molar refractivity (Wildman–Crippen MR) is 75.4 cm³/mol. The Morgan fingerprint density at radius 1 is 1.11 bits per heavy atom. The molecule has 0 bridgehead atoms. The summed E-state index contributed by atoms with van der Waals surface area (Å²) in [5.74, 6) is 1.59. The smallest absolute Gasteiger partial charge is 0.178 e. The summed E-state index contributed by atoms with van der Waals surface area (Å²) < 4.78 is 5.39. The van der Waals surface area contributed by atoms with Gasteiger partial charge >= 0.3 is 0 Å². The molecule has 2 heterocycles. The van der Waals surface area contributed by atoms with Gasteiger partial charge < -0.3 is 9.72 Å². The SMILES string of the molecule is COc1ccc(C)cc1-c1nc2ncc(C)cc2[nH]1. The molecule has 0 saturated carbocycles. The topological polar surface area (TPSA) is 50.8 Å². The highest BCUT2D eigenvalue weighted by Crippen LogP contribution is 2.29. The molecule has 0 spiro atoms. The van der Waals surface area contributed by atoms with E-state index in [1.165, 1.54) is 5.56 Å². The molecule has 0 radical (unpaired) electrons. The first-order chi connectivity index (χ1) is 9.17. The number of nitrogens with one attached hydrogen (secondary N) is 1. The van der Waals surface area contributed by atoms with E-state index in [4.69, 9.17) is 4.74 Å². The highest BCUT2D eigenvalue weighted by Gasteiger charge is 2.11. The lowest BCUT2D eigenvalue weighted by atomic mass is 10.1. The van der Waals surface area contributed by atoms with Gasteiger partial charge in [-0.3, -0.25) is 0 Å². The summed E-state index contributed by atoms with van der Waals surface area (Å²) in [5, 5.41) is 0. The Hall–Kier alpha value is -2.36. The van der Waals surface area contributed by atoms with E-state index < -0.39 is 0 Å². The Kier molecular flexibility index (Phi) is 2.71. The van der Waals surface area contributed by atoms with Crippen molar-refractivity contribution in [3.8, 4) is 17.1 Å². The fourth-order valence-electron chi connectivity index (χ4n) is 2.14. The third-order valence-corrected chi connectivity index (χ3v) is 3.08. The molecule has 4 nitrogen and oxygen atoms in total. The van der Waals surface area contributed by atoms with Crippen molar-refractivity contribution in [1.29, 1.82) is 0 Å². The molecule has 0 atom stereocenters. The minimum atomic E-state index is 0.726. The fourth-order valence-corrected chi connectivity index (χ4v) is 2.14. The Balaban J connectivity index is 2.21. The van der Waals surface area contributed by atoms with Crippen molar-refractivity contribution < 1.29 is 4.74 Å². The molecule has 0 aliphatic rings. The van der Waals surface area contributed by atoms with Crippen molar-refractivity contribution in [3.05, 3.63) is 41.6 Å². The van der Waals surface area contributed by atoms with Crippen LogP contribution in [0.4, 0.5) is 0 Å². The van der Waals surface area contributed by atoms with Crippen molar-refractivity contribution >= 4 is 11.2 Å². The van der Waals surface area contributed by atoms with Gasteiger partial charge in [0.25, 0.3) is 0 Å². The summed E-state index contributed by atoms with van der Waals surface area (Å²) in [6.45, 7) is 4.06. The van der Waals surface area contributed by atoms with Crippen LogP contribution < -0.4 is 4.74 Å². The molecule has 1 aromatic carbocycles. The fraction of sp³-hybridized carbons (Fsp3) is 0.200. The van der Waals surface area contributed by atoms with Crippen molar-refractivity contribution in [2.24, 2.45) is 0 Å². The normalized spacial score (nSPS) is 10.9. The van der Waals surface area contributed by atoms with Crippen LogP contribution in [-0.4, -0.2) is 22.1 Å². The number of hydrogen-bond donors (Lipinski definition) is 1. The van der Waals surface area contributed by atoms with Crippen LogP contribution in [0, 0.1) is 13.8 Å². The quantitative estimate of drug-likeness (QED) is 0.762. The number of aromatic nitrogens is 3. The minimum Gasteiger partial charge on any atom is -0.496 e. The van der Waals surface area contributed by atoms with Gasteiger partial charge in [-0.1, -0.05) is 11.6 Å². The predicted octanol–water partition coefficient (Wildman–Crippen LogP) is 3.25. The number of imidazole rings is 1. The number of nitrogens with zero attached hydrogens (tertiary/aromatic N) is 2. The monoisotopic (exact) mass is 253 g/mol. The van der Waals surface area contributed by atoms with Crippen molar-refractivity contribution in [1.82, 2.24) is 15.0 Å². The van der Waals surface area contributed by atoms with Gasteiger partial charge in [-0.25, -0.2) is 9.97 Å². The van der Waals surface area contributed by atoms with E-state index in [-0.39, 0.29) is 0 Å². The number of rotatable bonds is 2. The van der Waals surface area contributed by atoms with E-state index in [9.17, 15) is 0 Å². The third kappa shape index (κ3) is 2.05. The number of hydrogen-bond acceptors (Lipinski definition) is 3. The number of aromatic amines is 1. The lowest BCUT2D eigenvalue weighted by Gasteiger charge is -2.06. The second-order valence-electron chi connectivity index (χ2n) is 4.67. The van der Waals surface area contributed by atoms with Gasteiger partial charge in [0.05, 0.1) is 18.2 Å². The Labute approximate surface area is 111 Å². The summed E-state index contributed by atoms with van der Waals surface area (Å²) >= 11 is 0. The molecule has 0 aliphatic heterocycles. The van der Waals surface area contributed by atoms with Gasteiger partial charge in [0.15, 0.2) is 5.65 Å². The zero-order valence-corrected chi connectivity index (χ0v) is 11.2. The second-order valence-corrected chi connectivity index (χ2v) is 4.67. The van der Waals surface area contributed by atoms with Gasteiger partial charge in [-0.15, -0.1) is 0 Å². The van der Waals surface area contributed by atoms with Crippen LogP contribution in [0.5, 0.6) is 5.75 Å². The van der Waals surface area contributed by atoms with Gasteiger partial charge in [-0.2, -0.15) is 0 Å². The first kappa shape index (κ1) is 11.7. The molecule has 19 heavy (non-hydrogen) atoms. The average Bonchev–Trinajstić information content (AvgIpc) is 2.81. The summed E-state index contributed by atoms with van der Waals surface area (Å²) in [6, 6.07) is 8.08. The highest BCUT2D eigenvalue weighted by atomic mass is 16.5. The molecule has 3 aromatic rings. The van der Waals surface area contributed by atoms with Crippen LogP contribution >= 0.6 is 0 Å². The molecule has 0 aliphatic carbocycles. The van der Waals surface area contributed by atoms with Crippen molar-refractivity contribution in [2.75, 3.05) is 7.11 Å². The second kappa shape index (κ2) is 4.39. The zero-order valence-electron chi connectivity index (χ0n) is 11.2. The van der Waals surface area contributed by atoms with Crippen LogP contribution in [0.15, 0.2) is 30.5 Å². The number of methoxy groups -OCH3 is 1. The van der Waals surface area contributed by atoms with Crippen LogP contribution in [0.2, 0.25) is 0 Å². The maximum atomic E-state index is 5.39. The summed E-state index contributed by atoms with van der Waals surface area (Å²) in [4.78, 5) is 12.1. The average molecular weight is 253 g/mol. The molecule has 96 valence electrons. The minimum absolute atomic E-state index is 0.726. The number of aryl methyl sites for hydroxylation is 2. The van der Waals surface area contributed by atoms with E-state index in [1.54, 1.807) is 7.11 Å². The number of benzene rings is 1. The summed E-state index contributed by atoms with van der Waals surface area (Å²) in [7, 11) is 1.67. The van der Waals surface area contributed by atoms with Crippen LogP contribution in [0.1, 0.15) is 11.1 Å². The lowest BCUT2D eigenvalue weighted by molar-refractivity contribution is 0.416. The summed E-state index contributed by atoms with van der Waals surface area (Å²) in [6.07, 6.45) is 1.82. The van der Waals surface area contributed by atoms with Crippen molar-refractivity contribution in [2.45, 2.75) is 13.8 Å². The van der Waals surface area contributed by atoms with Crippen LogP contribution in [-0.2, 0) is 0 Å². The van der Waals surface area contributed by atoms with E-state index in [0.717, 1.165) is 33.9 Å². The van der Waals surface area contributed by atoms with Crippen LogP contribution in [0.25, 0.3) is 22.6 Å². The molecule has 4 heteroatoms. The Morgan fingerprint density at radius 2 is 1.95 bits per heavy atom. The summed E-state index contributed by atoms with van der Waals surface area (Å²) in [5.41, 5.74) is 4.90. The maximum Gasteiger partial charge on any atom is 0.178 e. The first-order valence-electron chi connectivity index (χ1n) is 6.15. The zero-order chi connectivity index (χ0) is 13.4. The molecule has 0 amide bonds. The lowest BCUT2D eigenvalue weighted by Crippen LogP contribution is -1.90. The van der Waals surface area contributed by atoms with E-state index in [0.29, 0.717) is 0 Å². The molecular formula is C15H15N3O. The third-order valence-electron chi connectivity index (χ3n) is 3.08. The number of ether oxygens (including phenoxy) is 1. The molecule has 1 N–H and O–H groups in total. The Morgan fingerprint density at radius 3 is 2.74 bits per heavy atom.